The number of rotatable bonds is 10. The minimum Gasteiger partial charge on any atom is -0.356 e. The monoisotopic (exact) mass is 296 g/mol. The molecule has 1 aliphatic heterocycles. The molecule has 124 valence electrons. The van der Waals surface area contributed by atoms with Gasteiger partial charge in [0.15, 0.2) is 0 Å². The molecule has 1 amide bonds. The Bertz CT molecular complexity index is 277. The number of nitrogens with one attached hydrogen (secondary N) is 2. The molecule has 3 nitrogen and oxygen atoms in total. The summed E-state index contributed by atoms with van der Waals surface area (Å²) in [6, 6.07) is 0. The van der Waals surface area contributed by atoms with E-state index >= 15 is 0 Å². The van der Waals surface area contributed by atoms with Crippen molar-refractivity contribution >= 4 is 5.91 Å². The standard InChI is InChI=1S/C18H36N2O/c1-4-10-18(11-14-19-15-12-18)17(21)20-13-8-6-5-7-9-16(2)3/h16,19H,4-15H2,1-3H3,(H,20,21). The fraction of sp³-hybridized carbons (Fsp3) is 0.944. The first-order chi connectivity index (χ1) is 10.1. The fourth-order valence-corrected chi connectivity index (χ4v) is 3.40. The molecule has 0 spiro atoms. The Hall–Kier alpha value is -0.570. The summed E-state index contributed by atoms with van der Waals surface area (Å²) in [4.78, 5) is 12.5. The van der Waals surface area contributed by atoms with E-state index in [1.807, 2.05) is 0 Å². The predicted octanol–water partition coefficient (Wildman–Crippen LogP) is 3.88. The van der Waals surface area contributed by atoms with Gasteiger partial charge in [-0.2, -0.15) is 0 Å². The highest BCUT2D eigenvalue weighted by atomic mass is 16.2. The Morgan fingerprint density at radius 3 is 2.43 bits per heavy atom. The smallest absolute Gasteiger partial charge is 0.226 e. The van der Waals surface area contributed by atoms with Crippen molar-refractivity contribution in [3.8, 4) is 0 Å². The summed E-state index contributed by atoms with van der Waals surface area (Å²) >= 11 is 0. The van der Waals surface area contributed by atoms with Gasteiger partial charge in [0.1, 0.15) is 0 Å². The Morgan fingerprint density at radius 2 is 1.81 bits per heavy atom. The third kappa shape index (κ3) is 6.82. The quantitative estimate of drug-likeness (QED) is 0.601. The maximum absolute atomic E-state index is 12.5. The van der Waals surface area contributed by atoms with Crippen LogP contribution in [0.25, 0.3) is 0 Å². The molecule has 0 aliphatic carbocycles. The molecule has 21 heavy (non-hydrogen) atoms. The van der Waals surface area contributed by atoms with Gasteiger partial charge in [-0.15, -0.1) is 0 Å². The summed E-state index contributed by atoms with van der Waals surface area (Å²) in [7, 11) is 0. The maximum atomic E-state index is 12.5. The van der Waals surface area contributed by atoms with Crippen molar-refractivity contribution < 1.29 is 4.79 Å². The molecule has 1 fully saturated rings. The second-order valence-electron chi connectivity index (χ2n) is 7.13. The molecule has 2 N–H and O–H groups in total. The summed E-state index contributed by atoms with van der Waals surface area (Å²) in [6.07, 6.45) is 10.5. The lowest BCUT2D eigenvalue weighted by atomic mass is 9.74. The van der Waals surface area contributed by atoms with Gasteiger partial charge < -0.3 is 10.6 Å². The molecule has 1 aliphatic rings. The zero-order valence-corrected chi connectivity index (χ0v) is 14.5. The maximum Gasteiger partial charge on any atom is 0.226 e. The minimum atomic E-state index is -0.0857. The van der Waals surface area contributed by atoms with Gasteiger partial charge in [-0.05, 0) is 44.7 Å². The van der Waals surface area contributed by atoms with Gasteiger partial charge in [0.25, 0.3) is 0 Å². The highest BCUT2D eigenvalue weighted by molar-refractivity contribution is 5.82. The topological polar surface area (TPSA) is 41.1 Å². The summed E-state index contributed by atoms with van der Waals surface area (Å²) in [5, 5.41) is 6.58. The SMILES string of the molecule is CCCC1(C(=O)NCCCCCCC(C)C)CCNCC1. The van der Waals surface area contributed by atoms with Crippen molar-refractivity contribution in [3.63, 3.8) is 0 Å². The Morgan fingerprint density at radius 1 is 1.14 bits per heavy atom. The van der Waals surface area contributed by atoms with Crippen LogP contribution in [0, 0.1) is 11.3 Å². The van der Waals surface area contributed by atoms with Gasteiger partial charge >= 0.3 is 0 Å². The molecular weight excluding hydrogens is 260 g/mol. The van der Waals surface area contributed by atoms with E-state index in [0.717, 1.165) is 57.7 Å². The summed E-state index contributed by atoms with van der Waals surface area (Å²) in [6.45, 7) is 9.59. The van der Waals surface area contributed by atoms with Crippen LogP contribution in [0.4, 0.5) is 0 Å². The van der Waals surface area contributed by atoms with E-state index in [4.69, 9.17) is 0 Å². The molecule has 3 heteroatoms. The zero-order chi connectivity index (χ0) is 15.6. The highest BCUT2D eigenvalue weighted by Crippen LogP contribution is 2.34. The van der Waals surface area contributed by atoms with Gasteiger partial charge in [-0.1, -0.05) is 52.9 Å². The lowest BCUT2D eigenvalue weighted by Gasteiger charge is -2.36. The number of hydrogen-bond donors (Lipinski definition) is 2. The molecule has 0 radical (unpaired) electrons. The van der Waals surface area contributed by atoms with Gasteiger partial charge in [0.05, 0.1) is 5.41 Å². The Balaban J connectivity index is 2.19. The number of carbonyl (C=O) groups is 1. The lowest BCUT2D eigenvalue weighted by molar-refractivity contribution is -0.133. The summed E-state index contributed by atoms with van der Waals surface area (Å²) < 4.78 is 0. The zero-order valence-electron chi connectivity index (χ0n) is 14.5. The Labute approximate surface area is 131 Å². The average Bonchev–Trinajstić information content (AvgIpc) is 2.47. The number of piperidine rings is 1. The fourth-order valence-electron chi connectivity index (χ4n) is 3.40. The molecule has 0 aromatic carbocycles. The summed E-state index contributed by atoms with van der Waals surface area (Å²) in [5.74, 6) is 1.13. The summed E-state index contributed by atoms with van der Waals surface area (Å²) in [5.41, 5.74) is -0.0857. The Kier molecular flexibility index (Phi) is 8.98. The van der Waals surface area contributed by atoms with E-state index < -0.39 is 0 Å². The van der Waals surface area contributed by atoms with Gasteiger partial charge in [-0.25, -0.2) is 0 Å². The molecular formula is C18H36N2O. The van der Waals surface area contributed by atoms with Crippen molar-refractivity contribution in [2.75, 3.05) is 19.6 Å². The van der Waals surface area contributed by atoms with Gasteiger partial charge in [0.2, 0.25) is 5.91 Å². The van der Waals surface area contributed by atoms with Crippen LogP contribution < -0.4 is 10.6 Å². The lowest BCUT2D eigenvalue weighted by Crippen LogP contribution is -2.47. The third-order valence-electron chi connectivity index (χ3n) is 4.76. The normalized spacial score (nSPS) is 17.9. The van der Waals surface area contributed by atoms with Crippen LogP contribution in [0.2, 0.25) is 0 Å². The first-order valence-corrected chi connectivity index (χ1v) is 9.10. The highest BCUT2D eigenvalue weighted by Gasteiger charge is 2.38. The largest absolute Gasteiger partial charge is 0.356 e. The second kappa shape index (κ2) is 10.2. The van der Waals surface area contributed by atoms with E-state index in [0.29, 0.717) is 5.91 Å². The molecule has 0 saturated carbocycles. The van der Waals surface area contributed by atoms with E-state index in [-0.39, 0.29) is 5.41 Å². The molecule has 0 atom stereocenters. The average molecular weight is 296 g/mol. The number of hydrogen-bond acceptors (Lipinski definition) is 2. The predicted molar refractivity (Wildman–Crippen MR) is 90.4 cm³/mol. The third-order valence-corrected chi connectivity index (χ3v) is 4.76. The van der Waals surface area contributed by atoms with Crippen molar-refractivity contribution in [2.24, 2.45) is 11.3 Å². The van der Waals surface area contributed by atoms with Gasteiger partial charge in [0, 0.05) is 6.54 Å². The number of amides is 1. The molecule has 0 aromatic rings. The van der Waals surface area contributed by atoms with Crippen LogP contribution in [0.15, 0.2) is 0 Å². The van der Waals surface area contributed by atoms with Gasteiger partial charge in [-0.3, -0.25) is 4.79 Å². The van der Waals surface area contributed by atoms with Crippen LogP contribution in [-0.4, -0.2) is 25.5 Å². The molecule has 1 heterocycles. The van der Waals surface area contributed by atoms with Crippen LogP contribution in [0.1, 0.15) is 78.6 Å². The van der Waals surface area contributed by atoms with Crippen molar-refractivity contribution in [3.05, 3.63) is 0 Å². The molecule has 1 rings (SSSR count). The van der Waals surface area contributed by atoms with Crippen molar-refractivity contribution in [1.82, 2.24) is 10.6 Å². The first kappa shape index (κ1) is 18.5. The number of carbonyl (C=O) groups excluding carboxylic acids is 1. The van der Waals surface area contributed by atoms with Crippen LogP contribution >= 0.6 is 0 Å². The van der Waals surface area contributed by atoms with E-state index in [2.05, 4.69) is 31.4 Å². The molecule has 0 bridgehead atoms. The van der Waals surface area contributed by atoms with E-state index in [1.165, 1.54) is 25.7 Å². The molecule has 1 saturated heterocycles. The molecule has 0 aromatic heterocycles. The van der Waals surface area contributed by atoms with Crippen molar-refractivity contribution in [1.29, 1.82) is 0 Å². The van der Waals surface area contributed by atoms with Crippen molar-refractivity contribution in [2.45, 2.75) is 78.6 Å². The van der Waals surface area contributed by atoms with E-state index in [9.17, 15) is 4.79 Å². The van der Waals surface area contributed by atoms with E-state index in [1.54, 1.807) is 0 Å². The first-order valence-electron chi connectivity index (χ1n) is 9.10. The second-order valence-corrected chi connectivity index (χ2v) is 7.13. The minimum absolute atomic E-state index is 0.0857. The molecule has 0 unspecified atom stereocenters. The van der Waals surface area contributed by atoms with Crippen LogP contribution in [-0.2, 0) is 4.79 Å². The van der Waals surface area contributed by atoms with Crippen LogP contribution in [0.3, 0.4) is 0 Å². The number of unbranched alkanes of at least 4 members (excludes halogenated alkanes) is 3. The van der Waals surface area contributed by atoms with Crippen LogP contribution in [0.5, 0.6) is 0 Å².